The van der Waals surface area contributed by atoms with Gasteiger partial charge in [0.1, 0.15) is 35.8 Å². The molecule has 2 N–H and O–H groups in total. The van der Waals surface area contributed by atoms with Crippen molar-refractivity contribution >= 4 is 22.5 Å². The molecule has 0 bridgehead atoms. The van der Waals surface area contributed by atoms with Crippen molar-refractivity contribution in [3.63, 3.8) is 0 Å². The highest BCUT2D eigenvalue weighted by molar-refractivity contribution is 5.86. The average Bonchev–Trinajstić information content (AvgIpc) is 3.00. The van der Waals surface area contributed by atoms with Gasteiger partial charge in [-0.1, -0.05) is 0 Å². The third kappa shape index (κ3) is 6.83. The summed E-state index contributed by atoms with van der Waals surface area (Å²) < 4.78 is 23.2. The first-order valence-corrected chi connectivity index (χ1v) is 14.3. The van der Waals surface area contributed by atoms with Gasteiger partial charge in [-0.2, -0.15) is 4.98 Å². The fraction of sp³-hybridized carbons (Fsp3) is 0.552. The summed E-state index contributed by atoms with van der Waals surface area (Å²) in [5, 5.41) is 14.4. The van der Waals surface area contributed by atoms with Crippen LogP contribution in [-0.4, -0.2) is 103 Å². The largest absolute Gasteiger partial charge is 0.506 e. The molecule has 6 rings (SSSR count). The SMILES string of the molecule is Oc1cnc2cc(N3CCOCC3)nc(OC3CCC(Nc4ccc(OCCN5CCOCC5)cn4)CC3)c2c1. The highest BCUT2D eigenvalue weighted by atomic mass is 16.5. The van der Waals surface area contributed by atoms with E-state index in [0.717, 1.165) is 99.9 Å². The van der Waals surface area contributed by atoms with Crippen molar-refractivity contribution in [2.24, 2.45) is 0 Å². The lowest BCUT2D eigenvalue weighted by atomic mass is 9.93. The van der Waals surface area contributed by atoms with Crippen molar-refractivity contribution in [1.82, 2.24) is 19.9 Å². The fourth-order valence-corrected chi connectivity index (χ4v) is 5.47. The minimum absolute atomic E-state index is 0.0474. The lowest BCUT2D eigenvalue weighted by Gasteiger charge is -2.31. The maximum atomic E-state index is 10.1. The molecule has 0 amide bonds. The van der Waals surface area contributed by atoms with Crippen LogP contribution in [0.4, 0.5) is 11.6 Å². The standard InChI is InChI=1S/C29H38N6O5/c36-22-17-25-26(30-19-22)18-28(35-10-14-38-15-11-35)33-29(25)40-23-3-1-21(2-4-23)32-27-6-5-24(20-31-27)39-16-9-34-7-12-37-13-8-34/h5-6,17-21,23,36H,1-4,7-16H2,(H,31,32). The van der Waals surface area contributed by atoms with E-state index < -0.39 is 0 Å². The van der Waals surface area contributed by atoms with E-state index in [1.807, 2.05) is 18.2 Å². The zero-order valence-corrected chi connectivity index (χ0v) is 22.8. The van der Waals surface area contributed by atoms with Crippen LogP contribution in [0.2, 0.25) is 0 Å². The molecule has 11 nitrogen and oxygen atoms in total. The molecule has 0 atom stereocenters. The molecule has 3 aromatic rings. The van der Waals surface area contributed by atoms with Gasteiger partial charge < -0.3 is 34.3 Å². The Morgan fingerprint density at radius 1 is 0.925 bits per heavy atom. The topological polar surface area (TPSA) is 114 Å². The first-order valence-electron chi connectivity index (χ1n) is 14.3. The number of pyridine rings is 3. The van der Waals surface area contributed by atoms with Gasteiger partial charge in [0.15, 0.2) is 0 Å². The zero-order valence-electron chi connectivity index (χ0n) is 22.8. The van der Waals surface area contributed by atoms with Crippen molar-refractivity contribution < 1.29 is 24.1 Å². The minimum Gasteiger partial charge on any atom is -0.506 e. The molecule has 0 radical (unpaired) electrons. The third-order valence-corrected chi connectivity index (χ3v) is 7.77. The van der Waals surface area contributed by atoms with Crippen LogP contribution < -0.4 is 19.7 Å². The summed E-state index contributed by atoms with van der Waals surface area (Å²) in [6.07, 6.45) is 7.03. The Balaban J connectivity index is 1.01. The molecule has 3 aliphatic rings. The normalized spacial score (nSPS) is 22.2. The summed E-state index contributed by atoms with van der Waals surface area (Å²) in [7, 11) is 0. The number of ether oxygens (including phenoxy) is 4. The lowest BCUT2D eigenvalue weighted by Crippen LogP contribution is -2.38. The van der Waals surface area contributed by atoms with Gasteiger partial charge in [-0.25, -0.2) is 4.98 Å². The van der Waals surface area contributed by atoms with Crippen LogP contribution >= 0.6 is 0 Å². The minimum atomic E-state index is 0.0474. The Hall–Kier alpha value is -3.41. The summed E-state index contributed by atoms with van der Waals surface area (Å²) >= 11 is 0. The van der Waals surface area contributed by atoms with E-state index in [4.69, 9.17) is 23.9 Å². The number of hydrogen-bond acceptors (Lipinski definition) is 11. The van der Waals surface area contributed by atoms with Gasteiger partial charge in [-0.05, 0) is 43.9 Å². The second kappa shape index (κ2) is 12.8. The fourth-order valence-electron chi connectivity index (χ4n) is 5.47. The number of nitrogens with zero attached hydrogens (tertiary/aromatic N) is 5. The monoisotopic (exact) mass is 550 g/mol. The van der Waals surface area contributed by atoms with Gasteiger partial charge in [-0.3, -0.25) is 9.88 Å². The smallest absolute Gasteiger partial charge is 0.225 e. The number of fused-ring (bicyclic) bond motifs is 1. The van der Waals surface area contributed by atoms with Crippen LogP contribution in [0.3, 0.4) is 0 Å². The molecule has 11 heteroatoms. The molecular formula is C29H38N6O5. The van der Waals surface area contributed by atoms with Crippen LogP contribution in [0.15, 0.2) is 36.7 Å². The Kier molecular flexibility index (Phi) is 8.60. The van der Waals surface area contributed by atoms with E-state index in [2.05, 4.69) is 25.1 Å². The average molecular weight is 551 g/mol. The molecule has 1 saturated carbocycles. The Labute approximate surface area is 234 Å². The summed E-state index contributed by atoms with van der Waals surface area (Å²) in [5.74, 6) is 3.11. The van der Waals surface area contributed by atoms with E-state index in [1.165, 1.54) is 6.20 Å². The molecule has 214 valence electrons. The molecule has 0 spiro atoms. The van der Waals surface area contributed by atoms with Gasteiger partial charge in [0.05, 0.1) is 49.7 Å². The maximum absolute atomic E-state index is 10.1. The quantitative estimate of drug-likeness (QED) is 0.410. The van der Waals surface area contributed by atoms with Crippen LogP contribution in [0, 0.1) is 0 Å². The molecular weight excluding hydrogens is 512 g/mol. The highest BCUT2D eigenvalue weighted by Gasteiger charge is 2.25. The summed E-state index contributed by atoms with van der Waals surface area (Å²) in [5.41, 5.74) is 0.763. The van der Waals surface area contributed by atoms with Gasteiger partial charge >= 0.3 is 0 Å². The van der Waals surface area contributed by atoms with E-state index in [0.29, 0.717) is 31.7 Å². The number of hydrogen-bond donors (Lipinski definition) is 2. The van der Waals surface area contributed by atoms with E-state index in [-0.39, 0.29) is 11.9 Å². The molecule has 2 saturated heterocycles. The number of nitrogens with one attached hydrogen (secondary N) is 1. The molecule has 2 aliphatic heterocycles. The molecule has 3 fully saturated rings. The summed E-state index contributed by atoms with van der Waals surface area (Å²) in [4.78, 5) is 18.4. The second-order valence-corrected chi connectivity index (χ2v) is 10.6. The Morgan fingerprint density at radius 3 is 2.45 bits per heavy atom. The Bertz CT molecular complexity index is 1240. The summed E-state index contributed by atoms with van der Waals surface area (Å²) in [6.45, 7) is 7.99. The van der Waals surface area contributed by atoms with Crippen molar-refractivity contribution in [2.45, 2.75) is 37.8 Å². The van der Waals surface area contributed by atoms with E-state index in [9.17, 15) is 5.11 Å². The van der Waals surface area contributed by atoms with E-state index in [1.54, 1.807) is 12.3 Å². The molecule has 0 aromatic carbocycles. The van der Waals surface area contributed by atoms with Gasteiger partial charge in [0.25, 0.3) is 0 Å². The molecule has 0 unspecified atom stereocenters. The van der Waals surface area contributed by atoms with E-state index >= 15 is 0 Å². The van der Waals surface area contributed by atoms with Crippen LogP contribution in [0.25, 0.3) is 10.9 Å². The Morgan fingerprint density at radius 2 is 1.70 bits per heavy atom. The van der Waals surface area contributed by atoms with Crippen LogP contribution in [-0.2, 0) is 9.47 Å². The van der Waals surface area contributed by atoms with Crippen molar-refractivity contribution in [1.29, 1.82) is 0 Å². The van der Waals surface area contributed by atoms with Crippen molar-refractivity contribution in [3.05, 3.63) is 36.7 Å². The third-order valence-electron chi connectivity index (χ3n) is 7.77. The van der Waals surface area contributed by atoms with Crippen molar-refractivity contribution in [3.8, 4) is 17.4 Å². The second-order valence-electron chi connectivity index (χ2n) is 10.6. The lowest BCUT2D eigenvalue weighted by molar-refractivity contribution is 0.0322. The number of anilines is 2. The number of aromatic nitrogens is 3. The van der Waals surface area contributed by atoms with Gasteiger partial charge in [0.2, 0.25) is 5.88 Å². The predicted molar refractivity (Wildman–Crippen MR) is 152 cm³/mol. The summed E-state index contributed by atoms with van der Waals surface area (Å²) in [6, 6.07) is 7.93. The number of aromatic hydroxyl groups is 1. The molecule has 40 heavy (non-hydrogen) atoms. The predicted octanol–water partition coefficient (Wildman–Crippen LogP) is 3.08. The number of rotatable bonds is 9. The van der Waals surface area contributed by atoms with Gasteiger partial charge in [0, 0.05) is 44.8 Å². The molecule has 5 heterocycles. The number of morpholine rings is 2. The maximum Gasteiger partial charge on any atom is 0.225 e. The highest BCUT2D eigenvalue weighted by Crippen LogP contribution is 2.33. The zero-order chi connectivity index (χ0) is 27.1. The van der Waals surface area contributed by atoms with Gasteiger partial charge in [-0.15, -0.1) is 0 Å². The van der Waals surface area contributed by atoms with Crippen LogP contribution in [0.1, 0.15) is 25.7 Å². The first-order chi connectivity index (χ1) is 19.7. The first kappa shape index (κ1) is 26.8. The molecule has 3 aromatic heterocycles. The van der Waals surface area contributed by atoms with Crippen molar-refractivity contribution in [2.75, 3.05) is 76.0 Å². The van der Waals surface area contributed by atoms with Crippen LogP contribution in [0.5, 0.6) is 17.4 Å². The molecule has 1 aliphatic carbocycles.